The van der Waals surface area contributed by atoms with Crippen LogP contribution in [0.5, 0.6) is 0 Å². The first-order valence-corrected chi connectivity index (χ1v) is 7.94. The van der Waals surface area contributed by atoms with Gasteiger partial charge in [0.05, 0.1) is 0 Å². The van der Waals surface area contributed by atoms with Crippen LogP contribution in [0.3, 0.4) is 0 Å². The van der Waals surface area contributed by atoms with Crippen LogP contribution in [0.4, 0.5) is 0 Å². The highest BCUT2D eigenvalue weighted by Gasteiger charge is 2.31. The Balaban J connectivity index is 1.48. The van der Waals surface area contributed by atoms with Gasteiger partial charge in [0.2, 0.25) is 0 Å². The molecule has 2 fully saturated rings. The molecule has 1 aliphatic heterocycles. The number of amides is 1. The number of nitrogens with one attached hydrogen (secondary N) is 1. The summed E-state index contributed by atoms with van der Waals surface area (Å²) in [7, 11) is 0. The smallest absolute Gasteiger partial charge is 0.272 e. The normalized spacial score (nSPS) is 21.8. The van der Waals surface area contributed by atoms with E-state index in [0.717, 1.165) is 31.0 Å². The zero-order valence-electron chi connectivity index (χ0n) is 12.4. The third kappa shape index (κ3) is 2.61. The Morgan fingerprint density at radius 1 is 1.23 bits per heavy atom. The van der Waals surface area contributed by atoms with Gasteiger partial charge in [0.25, 0.3) is 5.91 Å². The van der Waals surface area contributed by atoms with E-state index < -0.39 is 0 Å². The van der Waals surface area contributed by atoms with Crippen LogP contribution >= 0.6 is 0 Å². The van der Waals surface area contributed by atoms with Crippen LogP contribution in [0.15, 0.2) is 24.4 Å². The summed E-state index contributed by atoms with van der Waals surface area (Å²) in [5, 5.41) is 7.44. The molecular formula is C16H19N5O. The van der Waals surface area contributed by atoms with Crippen LogP contribution in [0, 0.1) is 0 Å². The van der Waals surface area contributed by atoms with Crippen molar-refractivity contribution in [2.75, 3.05) is 13.1 Å². The molecule has 114 valence electrons. The van der Waals surface area contributed by atoms with Gasteiger partial charge in [0, 0.05) is 31.1 Å². The van der Waals surface area contributed by atoms with Crippen molar-refractivity contribution in [1.82, 2.24) is 25.1 Å². The molecule has 1 saturated heterocycles. The number of H-pyrrole nitrogens is 1. The summed E-state index contributed by atoms with van der Waals surface area (Å²) in [5.74, 6) is 2.69. The molecule has 3 heterocycles. The summed E-state index contributed by atoms with van der Waals surface area (Å²) in [4.78, 5) is 23.2. The SMILES string of the molecule is O=C(c1ccccn1)N1CCC[C@@H](c2n[nH]c(C3CC3)n2)C1. The molecule has 0 bridgehead atoms. The third-order valence-corrected chi connectivity index (χ3v) is 4.44. The van der Waals surface area contributed by atoms with Crippen molar-refractivity contribution < 1.29 is 4.79 Å². The topological polar surface area (TPSA) is 74.8 Å². The Hall–Kier alpha value is -2.24. The van der Waals surface area contributed by atoms with Crippen LogP contribution in [0.1, 0.15) is 59.7 Å². The number of rotatable bonds is 3. The molecule has 0 aromatic carbocycles. The summed E-state index contributed by atoms with van der Waals surface area (Å²) in [5.41, 5.74) is 0.511. The number of hydrogen-bond donors (Lipinski definition) is 1. The summed E-state index contributed by atoms with van der Waals surface area (Å²) in [6, 6.07) is 5.44. The highest BCUT2D eigenvalue weighted by molar-refractivity contribution is 5.92. The fourth-order valence-corrected chi connectivity index (χ4v) is 3.03. The number of likely N-dealkylation sites (tertiary alicyclic amines) is 1. The van der Waals surface area contributed by atoms with E-state index in [-0.39, 0.29) is 11.8 Å². The van der Waals surface area contributed by atoms with Crippen molar-refractivity contribution in [1.29, 1.82) is 0 Å². The second-order valence-electron chi connectivity index (χ2n) is 6.16. The molecule has 1 aliphatic carbocycles. The van der Waals surface area contributed by atoms with E-state index in [1.165, 1.54) is 12.8 Å². The van der Waals surface area contributed by atoms with Gasteiger partial charge in [-0.25, -0.2) is 4.98 Å². The average Bonchev–Trinajstić information content (AvgIpc) is 3.32. The van der Waals surface area contributed by atoms with Crippen molar-refractivity contribution in [2.45, 2.75) is 37.5 Å². The first-order chi connectivity index (χ1) is 10.8. The summed E-state index contributed by atoms with van der Waals surface area (Å²) >= 11 is 0. The zero-order chi connectivity index (χ0) is 14.9. The average molecular weight is 297 g/mol. The fourth-order valence-electron chi connectivity index (χ4n) is 3.03. The Bertz CT molecular complexity index is 664. The predicted octanol–water partition coefficient (Wildman–Crippen LogP) is 2.10. The standard InChI is InChI=1S/C16H19N5O/c22-16(13-5-1-2-8-17-13)21-9-3-4-12(10-21)15-18-14(19-20-15)11-6-7-11/h1-2,5,8,11-12H,3-4,6-7,9-10H2,(H,18,19,20)/t12-/m1/s1. The molecule has 1 N–H and O–H groups in total. The van der Waals surface area contributed by atoms with E-state index in [0.29, 0.717) is 18.2 Å². The molecule has 2 aromatic heterocycles. The highest BCUT2D eigenvalue weighted by Crippen LogP contribution is 2.38. The Labute approximate surface area is 129 Å². The molecule has 0 radical (unpaired) electrons. The number of carbonyl (C=O) groups excluding carboxylic acids is 1. The minimum Gasteiger partial charge on any atom is -0.337 e. The van der Waals surface area contributed by atoms with Crippen LogP contribution in [0.2, 0.25) is 0 Å². The van der Waals surface area contributed by atoms with Crippen LogP contribution in [-0.2, 0) is 0 Å². The first kappa shape index (κ1) is 13.4. The lowest BCUT2D eigenvalue weighted by molar-refractivity contribution is 0.0698. The van der Waals surface area contributed by atoms with Gasteiger partial charge in [-0.3, -0.25) is 14.9 Å². The monoisotopic (exact) mass is 297 g/mol. The Morgan fingerprint density at radius 2 is 2.14 bits per heavy atom. The molecule has 2 aromatic rings. The predicted molar refractivity (Wildman–Crippen MR) is 80.5 cm³/mol. The van der Waals surface area contributed by atoms with Gasteiger partial charge in [-0.2, -0.15) is 5.10 Å². The molecule has 0 unspecified atom stereocenters. The molecule has 22 heavy (non-hydrogen) atoms. The van der Waals surface area contributed by atoms with Crippen molar-refractivity contribution in [3.63, 3.8) is 0 Å². The van der Waals surface area contributed by atoms with Gasteiger partial charge in [0.15, 0.2) is 5.82 Å². The van der Waals surface area contributed by atoms with Crippen molar-refractivity contribution >= 4 is 5.91 Å². The largest absolute Gasteiger partial charge is 0.337 e. The number of piperidine rings is 1. The zero-order valence-corrected chi connectivity index (χ0v) is 12.4. The van der Waals surface area contributed by atoms with Gasteiger partial charge < -0.3 is 4.90 Å². The van der Waals surface area contributed by atoms with Crippen LogP contribution < -0.4 is 0 Å². The van der Waals surface area contributed by atoms with Gasteiger partial charge in [-0.1, -0.05) is 6.07 Å². The lowest BCUT2D eigenvalue weighted by atomic mass is 9.97. The van der Waals surface area contributed by atoms with Crippen molar-refractivity contribution in [3.8, 4) is 0 Å². The van der Waals surface area contributed by atoms with Crippen LogP contribution in [0.25, 0.3) is 0 Å². The fraction of sp³-hybridized carbons (Fsp3) is 0.500. The van der Waals surface area contributed by atoms with E-state index in [1.54, 1.807) is 12.3 Å². The number of pyridine rings is 1. The molecular weight excluding hydrogens is 278 g/mol. The first-order valence-electron chi connectivity index (χ1n) is 7.94. The number of aromatic nitrogens is 4. The second kappa shape index (κ2) is 5.51. The van der Waals surface area contributed by atoms with Crippen LogP contribution in [-0.4, -0.2) is 44.1 Å². The molecule has 1 saturated carbocycles. The minimum absolute atomic E-state index is 0.00301. The van der Waals surface area contributed by atoms with E-state index in [9.17, 15) is 4.79 Å². The summed E-state index contributed by atoms with van der Waals surface area (Å²) < 4.78 is 0. The van der Waals surface area contributed by atoms with Gasteiger partial charge in [-0.15, -0.1) is 0 Å². The molecule has 2 aliphatic rings. The maximum Gasteiger partial charge on any atom is 0.272 e. The number of carbonyl (C=O) groups is 1. The molecule has 4 rings (SSSR count). The summed E-state index contributed by atoms with van der Waals surface area (Å²) in [6.45, 7) is 1.46. The van der Waals surface area contributed by atoms with E-state index in [4.69, 9.17) is 0 Å². The third-order valence-electron chi connectivity index (χ3n) is 4.44. The molecule has 6 nitrogen and oxygen atoms in total. The molecule has 1 amide bonds. The van der Waals surface area contributed by atoms with Gasteiger partial charge in [0.1, 0.15) is 11.5 Å². The quantitative estimate of drug-likeness (QED) is 0.941. The molecule has 6 heteroatoms. The van der Waals surface area contributed by atoms with Crippen molar-refractivity contribution in [3.05, 3.63) is 41.7 Å². The highest BCUT2D eigenvalue weighted by atomic mass is 16.2. The maximum atomic E-state index is 12.5. The second-order valence-corrected chi connectivity index (χ2v) is 6.16. The molecule has 0 spiro atoms. The van der Waals surface area contributed by atoms with E-state index in [2.05, 4.69) is 20.2 Å². The minimum atomic E-state index is 0.00301. The lowest BCUT2D eigenvalue weighted by Crippen LogP contribution is -2.39. The van der Waals surface area contributed by atoms with Crippen molar-refractivity contribution in [2.24, 2.45) is 0 Å². The number of nitrogens with zero attached hydrogens (tertiary/aromatic N) is 4. The maximum absolute atomic E-state index is 12.5. The van der Waals surface area contributed by atoms with E-state index in [1.807, 2.05) is 17.0 Å². The molecule has 1 atom stereocenters. The number of aromatic amines is 1. The Kier molecular flexibility index (Phi) is 3.36. The van der Waals surface area contributed by atoms with E-state index >= 15 is 0 Å². The number of hydrogen-bond acceptors (Lipinski definition) is 4. The van der Waals surface area contributed by atoms with Gasteiger partial charge in [-0.05, 0) is 37.8 Å². The Morgan fingerprint density at radius 3 is 2.91 bits per heavy atom. The van der Waals surface area contributed by atoms with Gasteiger partial charge >= 0.3 is 0 Å². The lowest BCUT2D eigenvalue weighted by Gasteiger charge is -2.31. The summed E-state index contributed by atoms with van der Waals surface area (Å²) in [6.07, 6.45) is 6.10.